The Morgan fingerprint density at radius 2 is 1.95 bits per heavy atom. The van der Waals surface area contributed by atoms with Gasteiger partial charge in [-0.25, -0.2) is 4.98 Å². The summed E-state index contributed by atoms with van der Waals surface area (Å²) in [5.74, 6) is 1.23. The highest BCUT2D eigenvalue weighted by Gasteiger charge is 2.32. The molecule has 0 bridgehead atoms. The highest BCUT2D eigenvalue weighted by atomic mass is 15.0. The van der Waals surface area contributed by atoms with Crippen molar-refractivity contribution in [2.24, 2.45) is 12.5 Å². The lowest BCUT2D eigenvalue weighted by atomic mass is 9.70. The van der Waals surface area contributed by atoms with Crippen molar-refractivity contribution < 1.29 is 0 Å². The molecule has 0 saturated heterocycles. The van der Waals surface area contributed by atoms with E-state index < -0.39 is 0 Å². The molecule has 3 heteroatoms. The second-order valence-electron chi connectivity index (χ2n) is 7.62. The van der Waals surface area contributed by atoms with Crippen molar-refractivity contribution in [3.8, 4) is 0 Å². The van der Waals surface area contributed by atoms with Crippen molar-refractivity contribution in [2.75, 3.05) is 6.54 Å². The molecule has 0 aromatic carbocycles. The van der Waals surface area contributed by atoms with Gasteiger partial charge in [-0.2, -0.15) is 0 Å². The summed E-state index contributed by atoms with van der Waals surface area (Å²) < 4.78 is 2.16. The number of rotatable bonds is 5. The van der Waals surface area contributed by atoms with Crippen LogP contribution in [0.25, 0.3) is 0 Å². The Morgan fingerprint density at radius 3 is 2.50 bits per heavy atom. The molecule has 1 aliphatic rings. The summed E-state index contributed by atoms with van der Waals surface area (Å²) in [5, 5.41) is 3.75. The fraction of sp³-hybridized carbons (Fsp3) is 0.824. The Morgan fingerprint density at radius 1 is 1.25 bits per heavy atom. The molecule has 1 aromatic heterocycles. The van der Waals surface area contributed by atoms with E-state index in [0.717, 1.165) is 13.0 Å². The molecular formula is C17H31N3. The number of nitrogens with one attached hydrogen (secondary N) is 1. The minimum atomic E-state index is 0.216. The number of aromatic nitrogens is 2. The van der Waals surface area contributed by atoms with Crippen LogP contribution >= 0.6 is 0 Å². The van der Waals surface area contributed by atoms with Crippen LogP contribution < -0.4 is 5.32 Å². The molecule has 2 rings (SSSR count). The van der Waals surface area contributed by atoms with Crippen molar-refractivity contribution in [2.45, 2.75) is 71.3 Å². The molecule has 0 spiro atoms. The van der Waals surface area contributed by atoms with Gasteiger partial charge in [0.2, 0.25) is 0 Å². The average molecular weight is 277 g/mol. The highest BCUT2D eigenvalue weighted by molar-refractivity contribution is 4.95. The van der Waals surface area contributed by atoms with Crippen LogP contribution in [0.5, 0.6) is 0 Å². The van der Waals surface area contributed by atoms with Crippen molar-refractivity contribution in [3.05, 3.63) is 18.2 Å². The molecular weight excluding hydrogens is 246 g/mol. The van der Waals surface area contributed by atoms with Crippen molar-refractivity contribution in [1.29, 1.82) is 0 Å². The van der Waals surface area contributed by atoms with E-state index in [4.69, 9.17) is 0 Å². The van der Waals surface area contributed by atoms with E-state index in [1.165, 1.54) is 44.3 Å². The summed E-state index contributed by atoms with van der Waals surface area (Å²) >= 11 is 0. The molecule has 20 heavy (non-hydrogen) atoms. The predicted octanol–water partition coefficient (Wildman–Crippen LogP) is 3.69. The number of hydrogen-bond donors (Lipinski definition) is 1. The van der Waals surface area contributed by atoms with E-state index in [-0.39, 0.29) is 5.54 Å². The van der Waals surface area contributed by atoms with Gasteiger partial charge in [-0.15, -0.1) is 0 Å². The van der Waals surface area contributed by atoms with Gasteiger partial charge in [-0.3, -0.25) is 0 Å². The summed E-state index contributed by atoms with van der Waals surface area (Å²) in [6, 6.07) is 0. The average Bonchev–Trinajstić information content (AvgIpc) is 2.80. The summed E-state index contributed by atoms with van der Waals surface area (Å²) in [4.78, 5) is 4.48. The van der Waals surface area contributed by atoms with Gasteiger partial charge in [-0.05, 0) is 45.4 Å². The van der Waals surface area contributed by atoms with Gasteiger partial charge in [0, 0.05) is 37.9 Å². The molecule has 0 amide bonds. The quantitative estimate of drug-likeness (QED) is 0.889. The Labute approximate surface area is 124 Å². The first-order chi connectivity index (χ1) is 9.40. The van der Waals surface area contributed by atoms with Gasteiger partial charge in [-0.1, -0.05) is 19.3 Å². The van der Waals surface area contributed by atoms with E-state index in [1.807, 2.05) is 6.20 Å². The fourth-order valence-corrected chi connectivity index (χ4v) is 3.28. The third-order valence-electron chi connectivity index (χ3n) is 4.71. The van der Waals surface area contributed by atoms with Gasteiger partial charge < -0.3 is 9.88 Å². The minimum absolute atomic E-state index is 0.216. The summed E-state index contributed by atoms with van der Waals surface area (Å²) in [6.45, 7) is 7.95. The Hall–Kier alpha value is -0.830. The number of nitrogens with zero attached hydrogens (tertiary/aromatic N) is 2. The van der Waals surface area contributed by atoms with Crippen LogP contribution in [-0.4, -0.2) is 21.6 Å². The SMILES string of the molecule is Cn1ccnc1CCC1(CNC(C)(C)C)CCCCC1. The largest absolute Gasteiger partial charge is 0.338 e. The van der Waals surface area contributed by atoms with Crippen LogP contribution in [0.4, 0.5) is 0 Å². The fourth-order valence-electron chi connectivity index (χ4n) is 3.28. The smallest absolute Gasteiger partial charge is 0.108 e. The Bertz CT molecular complexity index is 408. The summed E-state index contributed by atoms with van der Waals surface area (Å²) in [6.07, 6.45) is 13.3. The Kier molecular flexibility index (Phi) is 4.90. The van der Waals surface area contributed by atoms with Crippen LogP contribution in [0, 0.1) is 5.41 Å². The zero-order chi connectivity index (χ0) is 14.6. The molecule has 1 fully saturated rings. The van der Waals surface area contributed by atoms with Gasteiger partial charge in [0.1, 0.15) is 5.82 Å². The van der Waals surface area contributed by atoms with Crippen molar-refractivity contribution in [1.82, 2.24) is 14.9 Å². The van der Waals surface area contributed by atoms with E-state index in [1.54, 1.807) is 0 Å². The van der Waals surface area contributed by atoms with Crippen LogP contribution in [-0.2, 0) is 13.5 Å². The lowest BCUT2D eigenvalue weighted by molar-refractivity contribution is 0.152. The molecule has 1 N–H and O–H groups in total. The molecule has 0 unspecified atom stereocenters. The van der Waals surface area contributed by atoms with E-state index in [9.17, 15) is 0 Å². The van der Waals surface area contributed by atoms with E-state index >= 15 is 0 Å². The molecule has 114 valence electrons. The first-order valence-corrected chi connectivity index (χ1v) is 8.12. The summed E-state index contributed by atoms with van der Waals surface area (Å²) in [7, 11) is 2.10. The third kappa shape index (κ3) is 4.34. The number of hydrogen-bond acceptors (Lipinski definition) is 2. The first kappa shape index (κ1) is 15.6. The molecule has 0 atom stereocenters. The van der Waals surface area contributed by atoms with Crippen molar-refractivity contribution >= 4 is 0 Å². The number of imidazole rings is 1. The van der Waals surface area contributed by atoms with Crippen LogP contribution in [0.1, 0.15) is 65.1 Å². The number of aryl methyl sites for hydroxylation is 2. The van der Waals surface area contributed by atoms with Gasteiger partial charge >= 0.3 is 0 Å². The maximum Gasteiger partial charge on any atom is 0.108 e. The lowest BCUT2D eigenvalue weighted by Gasteiger charge is -2.40. The zero-order valence-electron chi connectivity index (χ0n) is 13.7. The van der Waals surface area contributed by atoms with Crippen LogP contribution in [0.15, 0.2) is 12.4 Å². The summed E-state index contributed by atoms with van der Waals surface area (Å²) in [5.41, 5.74) is 0.700. The third-order valence-corrected chi connectivity index (χ3v) is 4.71. The monoisotopic (exact) mass is 277 g/mol. The molecule has 1 aliphatic carbocycles. The normalized spacial score (nSPS) is 19.2. The predicted molar refractivity (Wildman–Crippen MR) is 84.8 cm³/mol. The lowest BCUT2D eigenvalue weighted by Crippen LogP contribution is -2.45. The van der Waals surface area contributed by atoms with Gasteiger partial charge in [0.25, 0.3) is 0 Å². The molecule has 3 nitrogen and oxygen atoms in total. The molecule has 0 aliphatic heterocycles. The van der Waals surface area contributed by atoms with Gasteiger partial charge in [0.05, 0.1) is 0 Å². The van der Waals surface area contributed by atoms with Crippen molar-refractivity contribution in [3.63, 3.8) is 0 Å². The minimum Gasteiger partial charge on any atom is -0.338 e. The highest BCUT2D eigenvalue weighted by Crippen LogP contribution is 2.40. The van der Waals surface area contributed by atoms with Gasteiger partial charge in [0.15, 0.2) is 0 Å². The zero-order valence-corrected chi connectivity index (χ0v) is 13.7. The molecule has 1 heterocycles. The van der Waals surface area contributed by atoms with E-state index in [0.29, 0.717) is 5.41 Å². The maximum absolute atomic E-state index is 4.48. The molecule has 1 saturated carbocycles. The standard InChI is InChI=1S/C17H31N3/c1-16(2,3)19-14-17(9-6-5-7-10-17)11-8-15-18-12-13-20(15)4/h12-13,19H,5-11,14H2,1-4H3. The molecule has 1 aromatic rings. The van der Waals surface area contributed by atoms with Crippen LogP contribution in [0.2, 0.25) is 0 Å². The second kappa shape index (κ2) is 6.30. The second-order valence-corrected chi connectivity index (χ2v) is 7.62. The van der Waals surface area contributed by atoms with Crippen LogP contribution in [0.3, 0.4) is 0 Å². The maximum atomic E-state index is 4.48. The van der Waals surface area contributed by atoms with E-state index in [2.05, 4.69) is 48.9 Å². The Balaban J connectivity index is 1.97. The first-order valence-electron chi connectivity index (χ1n) is 8.12. The topological polar surface area (TPSA) is 29.9 Å². The molecule has 0 radical (unpaired) electrons.